The molecule has 0 N–H and O–H groups in total. The maximum Gasteiger partial charge on any atom is 0.356 e. The minimum absolute atomic E-state index is 0.120. The summed E-state index contributed by atoms with van der Waals surface area (Å²) in [4.78, 5) is 49.9. The SMILES string of the molecule is CCCN(CCC)c1c([N+](=O)[O-])cc(C)cc1[N+](=O)[O-].CCCOC(=O)c1ccc(C(=O)OCCC)nc1. The predicted molar refractivity (Wildman–Crippen MR) is 143 cm³/mol. The number of nitro benzene ring substituents is 2. The van der Waals surface area contributed by atoms with Crippen LogP contribution >= 0.6 is 0 Å². The molecule has 0 amide bonds. The Kier molecular flexibility index (Phi) is 14.0. The first kappa shape index (κ1) is 31.9. The number of hydrogen-bond acceptors (Lipinski definition) is 10. The minimum atomic E-state index is -0.548. The Labute approximate surface area is 222 Å². The molecule has 208 valence electrons. The van der Waals surface area contributed by atoms with Crippen LogP contribution in [0.15, 0.2) is 30.5 Å². The van der Waals surface area contributed by atoms with Crippen molar-refractivity contribution in [2.24, 2.45) is 0 Å². The minimum Gasteiger partial charge on any atom is -0.462 e. The van der Waals surface area contributed by atoms with Crippen LogP contribution in [-0.2, 0) is 9.47 Å². The maximum atomic E-state index is 11.5. The highest BCUT2D eigenvalue weighted by Gasteiger charge is 2.29. The number of ether oxygens (including phenoxy) is 2. The van der Waals surface area contributed by atoms with Crippen LogP contribution < -0.4 is 4.90 Å². The molecule has 2 aromatic rings. The van der Waals surface area contributed by atoms with Gasteiger partial charge in [0.2, 0.25) is 0 Å². The lowest BCUT2D eigenvalue weighted by Gasteiger charge is -2.23. The van der Waals surface area contributed by atoms with Gasteiger partial charge in [-0.2, -0.15) is 0 Å². The number of pyridine rings is 1. The Morgan fingerprint density at radius 3 is 1.74 bits per heavy atom. The third kappa shape index (κ3) is 9.75. The third-order valence-electron chi connectivity index (χ3n) is 4.99. The molecule has 0 aliphatic heterocycles. The molecule has 1 aromatic heterocycles. The van der Waals surface area contributed by atoms with E-state index in [0.717, 1.165) is 25.7 Å². The van der Waals surface area contributed by atoms with Crippen molar-refractivity contribution in [3.8, 4) is 0 Å². The van der Waals surface area contributed by atoms with Gasteiger partial charge in [-0.1, -0.05) is 27.7 Å². The summed E-state index contributed by atoms with van der Waals surface area (Å²) in [5.74, 6) is -0.914. The molecule has 0 saturated heterocycles. The molecule has 0 saturated carbocycles. The first-order valence-corrected chi connectivity index (χ1v) is 12.6. The summed E-state index contributed by atoms with van der Waals surface area (Å²) in [7, 11) is 0. The molecule has 0 aliphatic rings. The van der Waals surface area contributed by atoms with Crippen molar-refractivity contribution in [2.75, 3.05) is 31.2 Å². The molecule has 0 atom stereocenters. The molecule has 2 rings (SSSR count). The second-order valence-electron chi connectivity index (χ2n) is 8.36. The first-order chi connectivity index (χ1) is 18.1. The van der Waals surface area contributed by atoms with Crippen molar-refractivity contribution in [3.63, 3.8) is 0 Å². The van der Waals surface area contributed by atoms with E-state index in [0.29, 0.717) is 37.4 Å². The summed E-state index contributed by atoms with van der Waals surface area (Å²) in [6.45, 7) is 11.2. The van der Waals surface area contributed by atoms with Crippen molar-refractivity contribution >= 4 is 29.0 Å². The molecule has 12 nitrogen and oxygen atoms in total. The summed E-state index contributed by atoms with van der Waals surface area (Å²) in [6.07, 6.45) is 4.37. The number of carbonyl (C=O) groups is 2. The van der Waals surface area contributed by atoms with Crippen molar-refractivity contribution < 1.29 is 28.9 Å². The summed E-state index contributed by atoms with van der Waals surface area (Å²) < 4.78 is 9.87. The van der Waals surface area contributed by atoms with E-state index in [9.17, 15) is 29.8 Å². The van der Waals surface area contributed by atoms with Gasteiger partial charge in [0.25, 0.3) is 11.4 Å². The molecule has 0 fully saturated rings. The zero-order chi connectivity index (χ0) is 28.7. The van der Waals surface area contributed by atoms with Gasteiger partial charge in [0, 0.05) is 31.4 Å². The normalized spacial score (nSPS) is 10.1. The molecule has 0 bridgehead atoms. The van der Waals surface area contributed by atoms with E-state index in [1.807, 2.05) is 27.7 Å². The zero-order valence-electron chi connectivity index (χ0n) is 22.6. The summed E-state index contributed by atoms with van der Waals surface area (Å²) in [5.41, 5.74) is 0.762. The van der Waals surface area contributed by atoms with E-state index in [4.69, 9.17) is 9.47 Å². The van der Waals surface area contributed by atoms with Gasteiger partial charge < -0.3 is 14.4 Å². The fourth-order valence-corrected chi connectivity index (χ4v) is 3.40. The van der Waals surface area contributed by atoms with Crippen LogP contribution in [0.25, 0.3) is 0 Å². The number of hydrogen-bond donors (Lipinski definition) is 0. The van der Waals surface area contributed by atoms with Gasteiger partial charge in [-0.3, -0.25) is 20.2 Å². The highest BCUT2D eigenvalue weighted by molar-refractivity contribution is 5.91. The van der Waals surface area contributed by atoms with Crippen molar-refractivity contribution in [3.05, 3.63) is 67.5 Å². The Bertz CT molecular complexity index is 1010. The largest absolute Gasteiger partial charge is 0.462 e. The van der Waals surface area contributed by atoms with Gasteiger partial charge in [-0.05, 0) is 50.3 Å². The molecule has 0 aliphatic carbocycles. The lowest BCUT2D eigenvalue weighted by molar-refractivity contribution is -0.392. The lowest BCUT2D eigenvalue weighted by Crippen LogP contribution is -2.26. The first-order valence-electron chi connectivity index (χ1n) is 12.6. The highest BCUT2D eigenvalue weighted by atomic mass is 16.6. The monoisotopic (exact) mass is 532 g/mol. The average Bonchev–Trinajstić information content (AvgIpc) is 2.90. The Morgan fingerprint density at radius 2 is 1.34 bits per heavy atom. The van der Waals surface area contributed by atoms with Crippen LogP contribution in [0.3, 0.4) is 0 Å². The number of anilines is 1. The molecule has 12 heteroatoms. The fraction of sp³-hybridized carbons (Fsp3) is 0.500. The van der Waals surface area contributed by atoms with Crippen LogP contribution in [-0.4, -0.2) is 53.1 Å². The average molecular weight is 533 g/mol. The van der Waals surface area contributed by atoms with Crippen LogP contribution in [0.4, 0.5) is 17.1 Å². The Balaban J connectivity index is 0.000000382. The van der Waals surface area contributed by atoms with Gasteiger partial charge in [-0.25, -0.2) is 14.6 Å². The van der Waals surface area contributed by atoms with E-state index < -0.39 is 21.8 Å². The van der Waals surface area contributed by atoms with Gasteiger partial charge >= 0.3 is 11.9 Å². The number of aromatic nitrogens is 1. The Morgan fingerprint density at radius 1 is 0.842 bits per heavy atom. The van der Waals surface area contributed by atoms with E-state index in [1.165, 1.54) is 30.5 Å². The van der Waals surface area contributed by atoms with Crippen molar-refractivity contribution in [1.29, 1.82) is 0 Å². The second kappa shape index (κ2) is 16.6. The van der Waals surface area contributed by atoms with Gasteiger partial charge in [-0.15, -0.1) is 0 Å². The summed E-state index contributed by atoms with van der Waals surface area (Å²) in [5, 5.41) is 22.4. The number of benzene rings is 1. The predicted octanol–water partition coefficient (Wildman–Crippen LogP) is 5.65. The Hall–Kier alpha value is -4.09. The zero-order valence-corrected chi connectivity index (χ0v) is 22.6. The number of nitro groups is 2. The highest BCUT2D eigenvalue weighted by Crippen LogP contribution is 2.38. The molecule has 0 unspecified atom stereocenters. The van der Waals surface area contributed by atoms with Crippen LogP contribution in [0.5, 0.6) is 0 Å². The maximum absolute atomic E-state index is 11.5. The van der Waals surface area contributed by atoms with E-state index in [-0.39, 0.29) is 22.8 Å². The third-order valence-corrected chi connectivity index (χ3v) is 4.99. The van der Waals surface area contributed by atoms with Gasteiger partial charge in [0.05, 0.1) is 28.6 Å². The van der Waals surface area contributed by atoms with Gasteiger partial charge in [0.15, 0.2) is 5.69 Å². The molecule has 1 heterocycles. The van der Waals surface area contributed by atoms with E-state index >= 15 is 0 Å². The van der Waals surface area contributed by atoms with Gasteiger partial charge in [0.1, 0.15) is 5.69 Å². The summed E-state index contributed by atoms with van der Waals surface area (Å²) >= 11 is 0. The number of aryl methyl sites for hydroxylation is 1. The molecule has 38 heavy (non-hydrogen) atoms. The smallest absolute Gasteiger partial charge is 0.356 e. The van der Waals surface area contributed by atoms with Crippen molar-refractivity contribution in [2.45, 2.75) is 60.3 Å². The lowest BCUT2D eigenvalue weighted by atomic mass is 10.1. The van der Waals surface area contributed by atoms with Crippen molar-refractivity contribution in [1.82, 2.24) is 4.98 Å². The summed E-state index contributed by atoms with van der Waals surface area (Å²) in [6, 6.07) is 5.75. The molecule has 0 radical (unpaired) electrons. The van der Waals surface area contributed by atoms with E-state index in [2.05, 4.69) is 4.98 Å². The van der Waals surface area contributed by atoms with Crippen LogP contribution in [0.1, 0.15) is 79.8 Å². The number of esters is 2. The number of carbonyl (C=O) groups excluding carboxylic acids is 2. The molecule has 0 spiro atoms. The standard InChI is InChI=1S/C13H19N3O4.C13H17NO4/c1-4-6-14(7-5-2)13-11(15(17)18)8-10(3)9-12(13)16(19)20;1-3-7-17-12(15)10-5-6-11(14-9-10)13(16)18-8-4-2/h8-9H,4-7H2,1-3H3;5-6,9H,3-4,7-8H2,1-2H3. The molecular weight excluding hydrogens is 496 g/mol. The fourth-order valence-electron chi connectivity index (χ4n) is 3.40. The second-order valence-corrected chi connectivity index (χ2v) is 8.36. The van der Waals surface area contributed by atoms with E-state index in [1.54, 1.807) is 11.8 Å². The quantitative estimate of drug-likeness (QED) is 0.179. The number of nitrogens with zero attached hydrogens (tertiary/aromatic N) is 4. The van der Waals surface area contributed by atoms with Crippen LogP contribution in [0.2, 0.25) is 0 Å². The number of rotatable bonds is 13. The van der Waals surface area contributed by atoms with Crippen LogP contribution in [0, 0.1) is 27.2 Å². The molecule has 1 aromatic carbocycles. The topological polar surface area (TPSA) is 155 Å². The molecular formula is C26H36N4O8.